The Labute approximate surface area is 147 Å². The molecule has 0 aliphatic heterocycles. The Balaban J connectivity index is -0.0000000536. The molecule has 6 radical (unpaired) electrons. The van der Waals surface area contributed by atoms with Crippen LogP contribution in [-0.4, -0.2) is 119 Å². The summed E-state index contributed by atoms with van der Waals surface area (Å²) in [5.41, 5.74) is 0. The van der Waals surface area contributed by atoms with Gasteiger partial charge < -0.3 is 30.6 Å². The Kier molecular flexibility index (Phi) is 27.4. The van der Waals surface area contributed by atoms with E-state index in [0.29, 0.717) is 0 Å². The molecule has 0 aromatic carbocycles. The third-order valence-electron chi connectivity index (χ3n) is 0.549. The van der Waals surface area contributed by atoms with Gasteiger partial charge in [0.25, 0.3) is 0 Å². The molecule has 0 bridgehead atoms. The third-order valence-corrected chi connectivity index (χ3v) is 0.549. The van der Waals surface area contributed by atoms with Crippen LogP contribution in [0.15, 0.2) is 0 Å². The van der Waals surface area contributed by atoms with E-state index in [1.165, 1.54) is 0 Å². The molecule has 0 aliphatic rings. The van der Waals surface area contributed by atoms with Crippen molar-refractivity contribution in [2.24, 2.45) is 0 Å². The van der Waals surface area contributed by atoms with Gasteiger partial charge in [-0.15, -0.1) is 0 Å². The van der Waals surface area contributed by atoms with Gasteiger partial charge >= 0.3 is 35.8 Å². The van der Waals surface area contributed by atoms with Crippen LogP contribution in [0.25, 0.3) is 0 Å². The van der Waals surface area contributed by atoms with E-state index in [-0.39, 0.29) is 52.4 Å². The first-order valence-electron chi connectivity index (χ1n) is 3.32. The minimum atomic E-state index is -1.82. The van der Waals surface area contributed by atoms with Crippen molar-refractivity contribution in [2.75, 3.05) is 0 Å². The maximum absolute atomic E-state index is 9.10. The van der Waals surface area contributed by atoms with Gasteiger partial charge in [0, 0.05) is 52.4 Å². The predicted octanol–water partition coefficient (Wildman–Crippen LogP) is -3.29. The summed E-state index contributed by atoms with van der Waals surface area (Å²) in [6.07, 6.45) is 0. The Bertz CT molecular complexity index is 281. The van der Waals surface area contributed by atoms with E-state index < -0.39 is 35.8 Å². The average molecular weight is 688 g/mol. The molecule has 0 spiro atoms. The van der Waals surface area contributed by atoms with Gasteiger partial charge in [-0.25, -0.2) is 28.8 Å². The summed E-state index contributed by atoms with van der Waals surface area (Å²) in [7, 11) is 0. The molecule has 0 unspecified atom stereocenters. The molecule has 14 heteroatoms. The number of aliphatic carboxylic acids is 6. The second-order valence-corrected chi connectivity index (χ2v) is 1.83. The minimum absolute atomic E-state index is 0. The molecular formula is C6H6Bi2O12. The van der Waals surface area contributed by atoms with Crippen LogP contribution in [0.1, 0.15) is 0 Å². The van der Waals surface area contributed by atoms with Crippen molar-refractivity contribution in [2.45, 2.75) is 0 Å². The van der Waals surface area contributed by atoms with Crippen molar-refractivity contribution >= 4 is 88.2 Å². The first-order valence-corrected chi connectivity index (χ1v) is 3.32. The van der Waals surface area contributed by atoms with E-state index in [2.05, 4.69) is 0 Å². The van der Waals surface area contributed by atoms with Crippen LogP contribution in [0.5, 0.6) is 0 Å². The maximum atomic E-state index is 9.10. The van der Waals surface area contributed by atoms with Crippen LogP contribution in [0.4, 0.5) is 0 Å². The Morgan fingerprint density at radius 1 is 0.350 bits per heavy atom. The second kappa shape index (κ2) is 17.6. The zero-order valence-corrected chi connectivity index (χ0v) is 16.0. The van der Waals surface area contributed by atoms with E-state index in [9.17, 15) is 0 Å². The molecule has 0 aliphatic carbocycles. The van der Waals surface area contributed by atoms with Gasteiger partial charge in [0.1, 0.15) is 0 Å². The molecule has 0 amide bonds. The van der Waals surface area contributed by atoms with E-state index in [1.807, 2.05) is 0 Å². The molecular weight excluding hydrogens is 682 g/mol. The molecule has 0 aromatic heterocycles. The van der Waals surface area contributed by atoms with Crippen LogP contribution < -0.4 is 0 Å². The minimum Gasteiger partial charge on any atom is -0.473 e. The van der Waals surface area contributed by atoms with Crippen LogP contribution in [0, 0.1) is 0 Å². The quantitative estimate of drug-likeness (QED) is 0.109. The van der Waals surface area contributed by atoms with Gasteiger partial charge in [0.05, 0.1) is 0 Å². The van der Waals surface area contributed by atoms with Gasteiger partial charge in [-0.05, 0) is 0 Å². The fourth-order valence-electron chi connectivity index (χ4n) is 0. The number of hydrogen-bond donors (Lipinski definition) is 6. The van der Waals surface area contributed by atoms with Gasteiger partial charge in [0.2, 0.25) is 0 Å². The zero-order valence-electron chi connectivity index (χ0n) is 9.03. The fraction of sp³-hybridized carbons (Fsp3) is 0. The SMILES string of the molecule is O=C(O)C(=O)O.O=C(O)C(=O)O.O=C(O)C(=O)O.[Bi].[Bi]. The molecule has 112 valence electrons. The summed E-state index contributed by atoms with van der Waals surface area (Å²) >= 11 is 0. The summed E-state index contributed by atoms with van der Waals surface area (Å²) in [5, 5.41) is 44.3. The average Bonchev–Trinajstić information content (AvgIpc) is 2.18. The van der Waals surface area contributed by atoms with E-state index in [4.69, 9.17) is 59.4 Å². The van der Waals surface area contributed by atoms with E-state index in [1.54, 1.807) is 0 Å². The van der Waals surface area contributed by atoms with Crippen LogP contribution in [0.2, 0.25) is 0 Å². The summed E-state index contributed by atoms with van der Waals surface area (Å²) in [4.78, 5) is 54.6. The standard InChI is InChI=1S/3C2H2O4.2Bi/c3*3-1(4)2(5)6;;/h3*(H,3,4)(H,5,6);;. The first kappa shape index (κ1) is 31.1. The molecule has 0 rings (SSSR count). The molecule has 20 heavy (non-hydrogen) atoms. The van der Waals surface area contributed by atoms with Crippen LogP contribution >= 0.6 is 0 Å². The zero-order chi connectivity index (χ0) is 15.5. The van der Waals surface area contributed by atoms with Gasteiger partial charge in [-0.1, -0.05) is 0 Å². The molecule has 6 N–H and O–H groups in total. The smallest absolute Gasteiger partial charge is 0.414 e. The third kappa shape index (κ3) is 36.0. The van der Waals surface area contributed by atoms with Gasteiger partial charge in [-0.2, -0.15) is 0 Å². The fourth-order valence-corrected chi connectivity index (χ4v) is 0. The summed E-state index contributed by atoms with van der Waals surface area (Å²) in [5.74, 6) is -10.9. The Hall–Kier alpha value is -1.41. The molecule has 0 aromatic rings. The van der Waals surface area contributed by atoms with Crippen molar-refractivity contribution in [3.05, 3.63) is 0 Å². The van der Waals surface area contributed by atoms with E-state index >= 15 is 0 Å². The summed E-state index contributed by atoms with van der Waals surface area (Å²) < 4.78 is 0. The largest absolute Gasteiger partial charge is 0.473 e. The van der Waals surface area contributed by atoms with Gasteiger partial charge in [0.15, 0.2) is 0 Å². The number of carboxylic acid groups (broad SMARTS) is 6. The molecule has 0 saturated carbocycles. The van der Waals surface area contributed by atoms with Crippen molar-refractivity contribution in [3.63, 3.8) is 0 Å². The normalized spacial score (nSPS) is 6.60. The topological polar surface area (TPSA) is 224 Å². The van der Waals surface area contributed by atoms with Crippen molar-refractivity contribution in [3.8, 4) is 0 Å². The second-order valence-electron chi connectivity index (χ2n) is 1.83. The summed E-state index contributed by atoms with van der Waals surface area (Å²) in [6, 6.07) is 0. The van der Waals surface area contributed by atoms with E-state index in [0.717, 1.165) is 0 Å². The number of rotatable bonds is 0. The number of carboxylic acids is 6. The van der Waals surface area contributed by atoms with Crippen molar-refractivity contribution in [1.29, 1.82) is 0 Å². The number of carbonyl (C=O) groups is 6. The first-order chi connectivity index (χ1) is 7.93. The molecule has 0 saturated heterocycles. The van der Waals surface area contributed by atoms with Crippen LogP contribution in [-0.2, 0) is 28.8 Å². The maximum Gasteiger partial charge on any atom is 0.414 e. The number of hydrogen-bond acceptors (Lipinski definition) is 6. The van der Waals surface area contributed by atoms with Crippen molar-refractivity contribution in [1.82, 2.24) is 0 Å². The van der Waals surface area contributed by atoms with Gasteiger partial charge in [-0.3, -0.25) is 0 Å². The van der Waals surface area contributed by atoms with Crippen molar-refractivity contribution < 1.29 is 59.4 Å². The Morgan fingerprint density at radius 3 is 0.400 bits per heavy atom. The molecule has 0 heterocycles. The van der Waals surface area contributed by atoms with Crippen LogP contribution in [0.3, 0.4) is 0 Å². The Morgan fingerprint density at radius 2 is 0.400 bits per heavy atom. The molecule has 0 fully saturated rings. The molecule has 12 nitrogen and oxygen atoms in total. The monoisotopic (exact) mass is 688 g/mol. The predicted molar refractivity (Wildman–Crippen MR) is 57.3 cm³/mol. The summed E-state index contributed by atoms with van der Waals surface area (Å²) in [6.45, 7) is 0. The molecule has 0 atom stereocenters.